The first-order chi connectivity index (χ1) is 13.5. The van der Waals surface area contributed by atoms with Gasteiger partial charge in [-0.05, 0) is 58.0 Å². The van der Waals surface area contributed by atoms with Gasteiger partial charge in [0.15, 0.2) is 0 Å². The second-order valence-electron chi connectivity index (χ2n) is 8.54. The monoisotopic (exact) mass is 382 g/mol. The maximum Gasteiger partial charge on any atom is 0.233 e. The Morgan fingerprint density at radius 3 is 2.61 bits per heavy atom. The second kappa shape index (κ2) is 7.68. The van der Waals surface area contributed by atoms with Gasteiger partial charge in [-0.1, -0.05) is 30.3 Å². The maximum atomic E-state index is 13.8. The number of piperidine rings is 1. The summed E-state index contributed by atoms with van der Waals surface area (Å²) in [6, 6.07) is 12.2. The number of aromatic amines is 1. The Kier molecular flexibility index (Phi) is 5.25. The van der Waals surface area contributed by atoms with Crippen LogP contribution in [0.2, 0.25) is 0 Å². The van der Waals surface area contributed by atoms with E-state index in [1.807, 2.05) is 36.1 Å². The van der Waals surface area contributed by atoms with Gasteiger partial charge >= 0.3 is 0 Å². The first-order valence-corrected chi connectivity index (χ1v) is 10.2. The summed E-state index contributed by atoms with van der Waals surface area (Å²) in [6.07, 6.45) is 1.83. The number of aryl methyl sites for hydroxylation is 1. The van der Waals surface area contributed by atoms with Crippen LogP contribution in [0.3, 0.4) is 0 Å². The number of aliphatic hydroxyl groups is 1. The molecule has 0 spiro atoms. The van der Waals surface area contributed by atoms with Gasteiger partial charge in [-0.3, -0.25) is 9.89 Å². The van der Waals surface area contributed by atoms with Crippen molar-refractivity contribution in [2.75, 3.05) is 33.2 Å². The van der Waals surface area contributed by atoms with E-state index in [1.165, 1.54) is 0 Å². The number of carbonyl (C=O) groups is 1. The number of amides is 1. The largest absolute Gasteiger partial charge is 0.391 e. The number of carbonyl (C=O) groups excluding carboxylic acids is 1. The molecule has 4 rings (SSSR count). The van der Waals surface area contributed by atoms with Crippen LogP contribution in [0.25, 0.3) is 0 Å². The molecule has 2 aliphatic rings. The van der Waals surface area contributed by atoms with Crippen LogP contribution in [0.5, 0.6) is 0 Å². The molecule has 6 nitrogen and oxygen atoms in total. The van der Waals surface area contributed by atoms with Crippen LogP contribution in [0.4, 0.5) is 0 Å². The molecular weight excluding hydrogens is 352 g/mol. The summed E-state index contributed by atoms with van der Waals surface area (Å²) in [5.41, 5.74) is 2.59. The Bertz CT molecular complexity index is 811. The number of likely N-dealkylation sites (tertiary alicyclic amines) is 2. The highest BCUT2D eigenvalue weighted by Gasteiger charge is 2.47. The smallest absolute Gasteiger partial charge is 0.233 e. The van der Waals surface area contributed by atoms with E-state index in [0.717, 1.165) is 42.9 Å². The zero-order valence-electron chi connectivity index (χ0n) is 16.8. The molecule has 1 amide bonds. The van der Waals surface area contributed by atoms with E-state index in [9.17, 15) is 9.90 Å². The molecule has 0 saturated carbocycles. The molecule has 6 heteroatoms. The van der Waals surface area contributed by atoms with Crippen molar-refractivity contribution in [3.05, 3.63) is 53.3 Å². The number of benzene rings is 1. The topological polar surface area (TPSA) is 72.5 Å². The van der Waals surface area contributed by atoms with E-state index in [0.29, 0.717) is 19.5 Å². The highest BCUT2D eigenvalue weighted by atomic mass is 16.3. The van der Waals surface area contributed by atoms with Gasteiger partial charge in [0, 0.05) is 24.7 Å². The highest BCUT2D eigenvalue weighted by Crippen LogP contribution is 2.38. The zero-order chi connectivity index (χ0) is 19.7. The van der Waals surface area contributed by atoms with Gasteiger partial charge in [0.2, 0.25) is 5.91 Å². The van der Waals surface area contributed by atoms with Crippen LogP contribution >= 0.6 is 0 Å². The summed E-state index contributed by atoms with van der Waals surface area (Å²) < 4.78 is 0. The molecule has 2 aromatic rings. The fourth-order valence-corrected chi connectivity index (χ4v) is 4.75. The molecule has 2 fully saturated rings. The van der Waals surface area contributed by atoms with Gasteiger partial charge in [-0.15, -0.1) is 0 Å². The zero-order valence-corrected chi connectivity index (χ0v) is 16.8. The van der Waals surface area contributed by atoms with Crippen molar-refractivity contribution in [2.45, 2.75) is 37.7 Å². The number of β-amino-alcohol motifs (C(OH)–C–C–N with tert-alkyl or cyclic N) is 1. The minimum Gasteiger partial charge on any atom is -0.391 e. The van der Waals surface area contributed by atoms with Gasteiger partial charge in [0.05, 0.1) is 17.2 Å². The summed E-state index contributed by atoms with van der Waals surface area (Å²) in [7, 11) is 2.11. The number of rotatable bonds is 4. The molecule has 150 valence electrons. The normalized spacial score (nSPS) is 25.2. The van der Waals surface area contributed by atoms with E-state index in [-0.39, 0.29) is 11.8 Å². The van der Waals surface area contributed by atoms with Crippen molar-refractivity contribution < 1.29 is 9.90 Å². The summed E-state index contributed by atoms with van der Waals surface area (Å²) in [4.78, 5) is 17.9. The number of nitrogens with zero attached hydrogens (tertiary/aromatic N) is 3. The maximum absolute atomic E-state index is 13.8. The average Bonchev–Trinajstić information content (AvgIpc) is 3.28. The third-order valence-corrected chi connectivity index (χ3v) is 6.50. The Labute approximate surface area is 166 Å². The SMILES string of the molecule is Cc1cc(C[C@@H]2CN(C(=O)C3(c4ccccc4)CCN(C)CC3)C[C@@H]2O)n[nH]1. The number of H-pyrrole nitrogens is 1. The van der Waals surface area contributed by atoms with Gasteiger partial charge in [0.25, 0.3) is 0 Å². The predicted octanol–water partition coefficient (Wildman–Crippen LogP) is 1.74. The fraction of sp³-hybridized carbons (Fsp3) is 0.545. The Morgan fingerprint density at radius 2 is 1.96 bits per heavy atom. The molecular formula is C22H30N4O2. The van der Waals surface area contributed by atoms with E-state index in [1.54, 1.807) is 0 Å². The van der Waals surface area contributed by atoms with Gasteiger partial charge in [-0.2, -0.15) is 5.10 Å². The van der Waals surface area contributed by atoms with E-state index in [2.05, 4.69) is 34.3 Å². The van der Waals surface area contributed by atoms with Crippen molar-refractivity contribution >= 4 is 5.91 Å². The lowest BCUT2D eigenvalue weighted by Gasteiger charge is -2.42. The molecule has 1 aromatic carbocycles. The average molecular weight is 383 g/mol. The van der Waals surface area contributed by atoms with Crippen molar-refractivity contribution in [1.82, 2.24) is 20.0 Å². The fourth-order valence-electron chi connectivity index (χ4n) is 4.75. The lowest BCUT2D eigenvalue weighted by Crippen LogP contribution is -2.52. The molecule has 0 bridgehead atoms. The molecule has 28 heavy (non-hydrogen) atoms. The third kappa shape index (κ3) is 3.59. The molecule has 2 saturated heterocycles. The van der Waals surface area contributed by atoms with Gasteiger partial charge < -0.3 is 14.9 Å². The molecule has 0 unspecified atom stereocenters. The minimum atomic E-state index is -0.500. The molecule has 2 N–H and O–H groups in total. The standard InChI is InChI=1S/C22H30N4O2/c1-16-12-19(24-23-16)13-17-14-26(15-20(17)27)21(28)22(8-10-25(2)11-9-22)18-6-4-3-5-7-18/h3-7,12,17,20,27H,8-11,13-15H2,1-2H3,(H,23,24)/t17-,20+/m1/s1. The van der Waals surface area contributed by atoms with Crippen LogP contribution in [-0.2, 0) is 16.6 Å². The number of hydrogen-bond donors (Lipinski definition) is 2. The van der Waals surface area contributed by atoms with Crippen molar-refractivity contribution in [1.29, 1.82) is 0 Å². The van der Waals surface area contributed by atoms with Gasteiger partial charge in [-0.25, -0.2) is 0 Å². The van der Waals surface area contributed by atoms with Crippen molar-refractivity contribution in [3.63, 3.8) is 0 Å². The Hall–Kier alpha value is -2.18. The van der Waals surface area contributed by atoms with Crippen LogP contribution in [0.1, 0.15) is 29.8 Å². The van der Waals surface area contributed by atoms with Crippen LogP contribution in [0.15, 0.2) is 36.4 Å². The quantitative estimate of drug-likeness (QED) is 0.845. The molecule has 0 radical (unpaired) electrons. The number of hydrogen-bond acceptors (Lipinski definition) is 4. The first kappa shape index (κ1) is 19.2. The molecule has 2 aliphatic heterocycles. The van der Waals surface area contributed by atoms with Gasteiger partial charge in [0.1, 0.15) is 0 Å². The highest BCUT2D eigenvalue weighted by molar-refractivity contribution is 5.88. The molecule has 0 aliphatic carbocycles. The molecule has 3 heterocycles. The van der Waals surface area contributed by atoms with Crippen molar-refractivity contribution in [3.8, 4) is 0 Å². The summed E-state index contributed by atoms with van der Waals surface area (Å²) in [6.45, 7) is 4.80. The Balaban J connectivity index is 1.54. The minimum absolute atomic E-state index is 0.0331. The summed E-state index contributed by atoms with van der Waals surface area (Å²) >= 11 is 0. The third-order valence-electron chi connectivity index (χ3n) is 6.50. The van der Waals surface area contributed by atoms with E-state index in [4.69, 9.17) is 0 Å². The first-order valence-electron chi connectivity index (χ1n) is 10.2. The lowest BCUT2D eigenvalue weighted by atomic mass is 9.71. The Morgan fingerprint density at radius 1 is 1.25 bits per heavy atom. The van der Waals surface area contributed by atoms with Crippen LogP contribution in [0, 0.1) is 12.8 Å². The van der Waals surface area contributed by atoms with E-state index >= 15 is 0 Å². The number of aromatic nitrogens is 2. The predicted molar refractivity (Wildman–Crippen MR) is 108 cm³/mol. The summed E-state index contributed by atoms with van der Waals surface area (Å²) in [5, 5.41) is 17.9. The number of aliphatic hydroxyl groups excluding tert-OH is 1. The van der Waals surface area contributed by atoms with Crippen LogP contribution in [-0.4, -0.2) is 70.3 Å². The van der Waals surface area contributed by atoms with Crippen LogP contribution < -0.4 is 0 Å². The number of nitrogens with one attached hydrogen (secondary N) is 1. The second-order valence-corrected chi connectivity index (χ2v) is 8.54. The molecule has 1 aromatic heterocycles. The van der Waals surface area contributed by atoms with E-state index < -0.39 is 11.5 Å². The molecule has 2 atom stereocenters. The van der Waals surface area contributed by atoms with Crippen molar-refractivity contribution in [2.24, 2.45) is 5.92 Å². The summed E-state index contributed by atoms with van der Waals surface area (Å²) in [5.74, 6) is 0.206. The lowest BCUT2D eigenvalue weighted by molar-refractivity contribution is -0.138.